The van der Waals surface area contributed by atoms with Crippen molar-refractivity contribution >= 4 is 22.7 Å². The van der Waals surface area contributed by atoms with Gasteiger partial charge in [-0.25, -0.2) is 4.98 Å². The Kier molecular flexibility index (Phi) is 3.78. The van der Waals surface area contributed by atoms with E-state index in [1.54, 1.807) is 25.4 Å². The molecule has 0 radical (unpaired) electrons. The van der Waals surface area contributed by atoms with Crippen molar-refractivity contribution in [3.05, 3.63) is 60.0 Å². The number of hydrogen-bond donors (Lipinski definition) is 1. The Balaban J connectivity index is 1.88. The third-order valence-electron chi connectivity index (χ3n) is 3.49. The van der Waals surface area contributed by atoms with Gasteiger partial charge in [0, 0.05) is 25.7 Å². The molecular weight excluding hydrogens is 278 g/mol. The van der Waals surface area contributed by atoms with Gasteiger partial charge in [-0.3, -0.25) is 4.79 Å². The molecule has 0 bridgehead atoms. The number of rotatable bonds is 4. The average molecular weight is 295 g/mol. The molecule has 0 atom stereocenters. The van der Waals surface area contributed by atoms with E-state index in [0.29, 0.717) is 17.9 Å². The molecule has 1 aromatic carbocycles. The molecule has 3 aromatic rings. The smallest absolute Gasteiger partial charge is 0.254 e. The predicted molar refractivity (Wildman–Crippen MR) is 85.9 cm³/mol. The molecule has 0 saturated carbocycles. The van der Waals surface area contributed by atoms with Crippen molar-refractivity contribution < 1.29 is 9.21 Å². The van der Waals surface area contributed by atoms with Gasteiger partial charge in [-0.05, 0) is 24.3 Å². The number of carbonyl (C=O) groups is 1. The molecule has 112 valence electrons. The molecule has 0 aliphatic carbocycles. The summed E-state index contributed by atoms with van der Waals surface area (Å²) in [4.78, 5) is 18.2. The van der Waals surface area contributed by atoms with E-state index in [9.17, 15) is 4.79 Å². The third-order valence-corrected chi connectivity index (χ3v) is 3.49. The number of furan rings is 1. The van der Waals surface area contributed by atoms with Gasteiger partial charge in [-0.15, -0.1) is 0 Å². The number of nitrogens with one attached hydrogen (secondary N) is 1. The van der Waals surface area contributed by atoms with Crippen LogP contribution in [0.5, 0.6) is 0 Å². The molecule has 0 spiro atoms. The SMILES string of the molecule is CNC(=O)c1cccnc1N(C)Cc1cc2ccccc2o1. The lowest BCUT2D eigenvalue weighted by Crippen LogP contribution is -2.25. The van der Waals surface area contributed by atoms with Crippen LogP contribution in [0, 0.1) is 0 Å². The Morgan fingerprint density at radius 2 is 2.09 bits per heavy atom. The zero-order valence-corrected chi connectivity index (χ0v) is 12.5. The van der Waals surface area contributed by atoms with Crippen molar-refractivity contribution in [2.45, 2.75) is 6.54 Å². The van der Waals surface area contributed by atoms with Crippen molar-refractivity contribution in [2.24, 2.45) is 0 Å². The van der Waals surface area contributed by atoms with Gasteiger partial charge in [0.1, 0.15) is 17.2 Å². The number of nitrogens with zero attached hydrogens (tertiary/aromatic N) is 2. The molecule has 2 heterocycles. The lowest BCUT2D eigenvalue weighted by molar-refractivity contribution is 0.0963. The van der Waals surface area contributed by atoms with Gasteiger partial charge in [0.25, 0.3) is 5.91 Å². The number of aromatic nitrogens is 1. The summed E-state index contributed by atoms with van der Waals surface area (Å²) in [5.74, 6) is 1.30. The Bertz CT molecular complexity index is 777. The van der Waals surface area contributed by atoms with Crippen LogP contribution in [0.15, 0.2) is 53.1 Å². The molecule has 5 heteroatoms. The maximum Gasteiger partial charge on any atom is 0.254 e. The molecule has 1 amide bonds. The summed E-state index contributed by atoms with van der Waals surface area (Å²) in [6.07, 6.45) is 1.68. The van der Waals surface area contributed by atoms with E-state index in [0.717, 1.165) is 16.7 Å². The van der Waals surface area contributed by atoms with Crippen LogP contribution in [0.3, 0.4) is 0 Å². The Labute approximate surface area is 128 Å². The van der Waals surface area contributed by atoms with Gasteiger partial charge in [-0.1, -0.05) is 18.2 Å². The number of anilines is 1. The Morgan fingerprint density at radius 3 is 2.86 bits per heavy atom. The molecule has 5 nitrogen and oxygen atoms in total. The average Bonchev–Trinajstić information content (AvgIpc) is 2.96. The lowest BCUT2D eigenvalue weighted by Gasteiger charge is -2.19. The highest BCUT2D eigenvalue weighted by atomic mass is 16.3. The molecule has 2 aromatic heterocycles. The van der Waals surface area contributed by atoms with Crippen LogP contribution in [-0.4, -0.2) is 25.0 Å². The van der Waals surface area contributed by atoms with E-state index in [4.69, 9.17) is 4.42 Å². The summed E-state index contributed by atoms with van der Waals surface area (Å²) in [5, 5.41) is 3.70. The van der Waals surface area contributed by atoms with Crippen LogP contribution in [-0.2, 0) is 6.54 Å². The zero-order valence-electron chi connectivity index (χ0n) is 12.5. The maximum atomic E-state index is 11.9. The molecule has 3 rings (SSSR count). The molecular formula is C17H17N3O2. The second-order valence-corrected chi connectivity index (χ2v) is 5.06. The topological polar surface area (TPSA) is 58.4 Å². The van der Waals surface area contributed by atoms with Gasteiger partial charge < -0.3 is 14.6 Å². The highest BCUT2D eigenvalue weighted by molar-refractivity contribution is 5.98. The molecule has 22 heavy (non-hydrogen) atoms. The first-order chi connectivity index (χ1) is 10.7. The van der Waals surface area contributed by atoms with Crippen LogP contribution in [0.25, 0.3) is 11.0 Å². The normalized spacial score (nSPS) is 10.6. The fourth-order valence-corrected chi connectivity index (χ4v) is 2.44. The quantitative estimate of drug-likeness (QED) is 0.804. The minimum atomic E-state index is -0.153. The first-order valence-electron chi connectivity index (χ1n) is 7.04. The Morgan fingerprint density at radius 1 is 1.27 bits per heavy atom. The van der Waals surface area contributed by atoms with Crippen LogP contribution >= 0.6 is 0 Å². The standard InChI is InChI=1S/C17H17N3O2/c1-18-17(21)14-7-5-9-19-16(14)20(2)11-13-10-12-6-3-4-8-15(12)22-13/h3-10H,11H2,1-2H3,(H,18,21). The monoisotopic (exact) mass is 295 g/mol. The minimum Gasteiger partial charge on any atom is -0.459 e. The number of carbonyl (C=O) groups excluding carboxylic acids is 1. The number of fused-ring (bicyclic) bond motifs is 1. The molecule has 0 aliphatic heterocycles. The van der Waals surface area contributed by atoms with Crippen molar-refractivity contribution in [2.75, 3.05) is 19.0 Å². The number of hydrogen-bond acceptors (Lipinski definition) is 4. The van der Waals surface area contributed by atoms with E-state index in [-0.39, 0.29) is 5.91 Å². The van der Waals surface area contributed by atoms with Crippen molar-refractivity contribution in [1.29, 1.82) is 0 Å². The largest absolute Gasteiger partial charge is 0.459 e. The van der Waals surface area contributed by atoms with Gasteiger partial charge in [0.05, 0.1) is 12.1 Å². The summed E-state index contributed by atoms with van der Waals surface area (Å²) in [5.41, 5.74) is 1.40. The summed E-state index contributed by atoms with van der Waals surface area (Å²) in [6, 6.07) is 13.4. The van der Waals surface area contributed by atoms with E-state index in [1.165, 1.54) is 0 Å². The van der Waals surface area contributed by atoms with Gasteiger partial charge in [-0.2, -0.15) is 0 Å². The fourth-order valence-electron chi connectivity index (χ4n) is 2.44. The highest BCUT2D eigenvalue weighted by Crippen LogP contribution is 2.22. The second kappa shape index (κ2) is 5.89. The Hall–Kier alpha value is -2.82. The molecule has 0 unspecified atom stereocenters. The summed E-state index contributed by atoms with van der Waals surface area (Å²) < 4.78 is 5.82. The molecule has 0 fully saturated rings. The van der Waals surface area contributed by atoms with Crippen LogP contribution in [0.4, 0.5) is 5.82 Å². The summed E-state index contributed by atoms with van der Waals surface area (Å²) >= 11 is 0. The summed E-state index contributed by atoms with van der Waals surface area (Å²) in [6.45, 7) is 0.537. The lowest BCUT2D eigenvalue weighted by atomic mass is 10.2. The second-order valence-electron chi connectivity index (χ2n) is 5.06. The van der Waals surface area contributed by atoms with Crippen LogP contribution in [0.1, 0.15) is 16.1 Å². The van der Waals surface area contributed by atoms with Crippen LogP contribution in [0.2, 0.25) is 0 Å². The first-order valence-corrected chi connectivity index (χ1v) is 7.04. The number of benzene rings is 1. The van der Waals surface area contributed by atoms with Gasteiger partial charge in [0.15, 0.2) is 0 Å². The predicted octanol–water partition coefficient (Wildman–Crippen LogP) is 2.82. The molecule has 0 saturated heterocycles. The van der Waals surface area contributed by atoms with E-state index >= 15 is 0 Å². The first kappa shape index (κ1) is 14.1. The van der Waals surface area contributed by atoms with Crippen molar-refractivity contribution in [1.82, 2.24) is 10.3 Å². The van der Waals surface area contributed by atoms with Gasteiger partial charge in [0.2, 0.25) is 0 Å². The highest BCUT2D eigenvalue weighted by Gasteiger charge is 2.15. The minimum absolute atomic E-state index is 0.153. The van der Waals surface area contributed by atoms with E-state index < -0.39 is 0 Å². The number of para-hydroxylation sites is 1. The van der Waals surface area contributed by atoms with Crippen molar-refractivity contribution in [3.8, 4) is 0 Å². The van der Waals surface area contributed by atoms with Crippen molar-refractivity contribution in [3.63, 3.8) is 0 Å². The van der Waals surface area contributed by atoms with Gasteiger partial charge >= 0.3 is 0 Å². The van der Waals surface area contributed by atoms with E-state index in [1.807, 2.05) is 42.3 Å². The fraction of sp³-hybridized carbons (Fsp3) is 0.176. The van der Waals surface area contributed by atoms with Crippen LogP contribution < -0.4 is 10.2 Å². The zero-order chi connectivity index (χ0) is 15.5. The maximum absolute atomic E-state index is 11.9. The molecule has 1 N–H and O–H groups in total. The summed E-state index contributed by atoms with van der Waals surface area (Å²) in [7, 11) is 3.50. The molecule has 0 aliphatic rings. The third kappa shape index (κ3) is 2.65. The number of amides is 1. The number of pyridine rings is 1. The van der Waals surface area contributed by atoms with E-state index in [2.05, 4.69) is 10.3 Å².